The van der Waals surface area contributed by atoms with Gasteiger partial charge in [-0.3, -0.25) is 4.99 Å². The Labute approximate surface area is 167 Å². The monoisotopic (exact) mass is 459 g/mol. The van der Waals surface area contributed by atoms with Crippen LogP contribution >= 0.6 is 24.0 Å². The van der Waals surface area contributed by atoms with Crippen LogP contribution < -0.4 is 20.5 Å². The molecule has 1 aliphatic carbocycles. The molecule has 2 aliphatic rings. The number of fused-ring (bicyclic) bond motifs is 1. The third-order valence-electron chi connectivity index (χ3n) is 5.10. The van der Waals surface area contributed by atoms with Crippen molar-refractivity contribution in [2.75, 3.05) is 26.3 Å². The summed E-state index contributed by atoms with van der Waals surface area (Å²) in [5, 5.41) is 3.21. The summed E-state index contributed by atoms with van der Waals surface area (Å²) in [5.41, 5.74) is 7.41. The number of halogens is 1. The van der Waals surface area contributed by atoms with Gasteiger partial charge in [0.1, 0.15) is 13.2 Å². The fourth-order valence-electron chi connectivity index (χ4n) is 3.65. The van der Waals surface area contributed by atoms with Gasteiger partial charge in [0.05, 0.1) is 6.54 Å². The van der Waals surface area contributed by atoms with E-state index < -0.39 is 0 Å². The second-order valence-electron chi connectivity index (χ2n) is 6.83. The van der Waals surface area contributed by atoms with Crippen molar-refractivity contribution in [1.82, 2.24) is 5.32 Å². The highest BCUT2D eigenvalue weighted by Gasteiger charge is 2.36. The zero-order valence-corrected chi connectivity index (χ0v) is 17.4. The molecule has 140 valence electrons. The standard InChI is InChI=1S/C19H29N3O2.HI/c1-2-3-10-21-18(20)22-14-19(8-4-5-9-19)15-6-7-16-17(13-15)24-12-11-23-16;/h6-7,13H,2-5,8-12,14H2,1H3,(H3,20,21,22);1H. The van der Waals surface area contributed by atoms with Crippen LogP contribution in [0.4, 0.5) is 0 Å². The second kappa shape index (κ2) is 9.50. The lowest BCUT2D eigenvalue weighted by Gasteiger charge is -2.29. The average Bonchev–Trinajstić information content (AvgIpc) is 3.10. The fourth-order valence-corrected chi connectivity index (χ4v) is 3.65. The molecule has 0 atom stereocenters. The van der Waals surface area contributed by atoms with Gasteiger partial charge in [-0.25, -0.2) is 0 Å². The van der Waals surface area contributed by atoms with Gasteiger partial charge in [0.2, 0.25) is 0 Å². The third kappa shape index (κ3) is 4.92. The van der Waals surface area contributed by atoms with Crippen molar-refractivity contribution < 1.29 is 9.47 Å². The number of unbranched alkanes of at least 4 members (excludes halogenated alkanes) is 1. The lowest BCUT2D eigenvalue weighted by atomic mass is 9.79. The molecule has 0 spiro atoms. The molecule has 0 unspecified atom stereocenters. The van der Waals surface area contributed by atoms with E-state index in [2.05, 4.69) is 29.4 Å². The molecular formula is C19H30IN3O2. The number of ether oxygens (including phenoxy) is 2. The van der Waals surface area contributed by atoms with E-state index in [9.17, 15) is 0 Å². The molecule has 25 heavy (non-hydrogen) atoms. The molecule has 0 aromatic heterocycles. The van der Waals surface area contributed by atoms with Gasteiger partial charge in [-0.15, -0.1) is 24.0 Å². The number of aliphatic imine (C=N–C) groups is 1. The molecule has 1 fully saturated rings. The van der Waals surface area contributed by atoms with Crippen LogP contribution in [0.3, 0.4) is 0 Å². The van der Waals surface area contributed by atoms with Gasteiger partial charge in [0.15, 0.2) is 17.5 Å². The molecule has 5 nitrogen and oxygen atoms in total. The summed E-state index contributed by atoms with van der Waals surface area (Å²) in [7, 11) is 0. The van der Waals surface area contributed by atoms with Gasteiger partial charge in [-0.1, -0.05) is 32.3 Å². The largest absolute Gasteiger partial charge is 0.486 e. The molecule has 6 heteroatoms. The summed E-state index contributed by atoms with van der Waals surface area (Å²) < 4.78 is 11.4. The Morgan fingerprint density at radius 3 is 2.64 bits per heavy atom. The van der Waals surface area contributed by atoms with Crippen LogP contribution in [0.25, 0.3) is 0 Å². The number of guanidine groups is 1. The molecule has 1 aromatic rings. The van der Waals surface area contributed by atoms with E-state index in [-0.39, 0.29) is 29.4 Å². The summed E-state index contributed by atoms with van der Waals surface area (Å²) in [6, 6.07) is 6.36. The van der Waals surface area contributed by atoms with Gasteiger partial charge < -0.3 is 20.5 Å². The lowest BCUT2D eigenvalue weighted by molar-refractivity contribution is 0.171. The fraction of sp³-hybridized carbons (Fsp3) is 0.632. The second-order valence-corrected chi connectivity index (χ2v) is 6.83. The average molecular weight is 459 g/mol. The van der Waals surface area contributed by atoms with Crippen molar-refractivity contribution in [2.24, 2.45) is 10.7 Å². The van der Waals surface area contributed by atoms with Crippen LogP contribution in [-0.2, 0) is 5.41 Å². The molecule has 0 amide bonds. The topological polar surface area (TPSA) is 68.9 Å². The van der Waals surface area contributed by atoms with Gasteiger partial charge in [0.25, 0.3) is 0 Å². The van der Waals surface area contributed by atoms with Crippen LogP contribution in [-0.4, -0.2) is 32.3 Å². The molecule has 1 saturated carbocycles. The van der Waals surface area contributed by atoms with Crippen molar-refractivity contribution in [3.8, 4) is 11.5 Å². The van der Waals surface area contributed by atoms with Crippen molar-refractivity contribution in [1.29, 1.82) is 0 Å². The van der Waals surface area contributed by atoms with Crippen LogP contribution in [0.15, 0.2) is 23.2 Å². The van der Waals surface area contributed by atoms with E-state index in [1.54, 1.807) is 0 Å². The first kappa shape index (κ1) is 20.1. The van der Waals surface area contributed by atoms with Crippen molar-refractivity contribution >= 4 is 29.9 Å². The molecule has 0 saturated heterocycles. The number of nitrogens with two attached hydrogens (primary N) is 1. The Balaban J connectivity index is 0.00000225. The van der Waals surface area contributed by atoms with Crippen molar-refractivity contribution in [2.45, 2.75) is 50.9 Å². The van der Waals surface area contributed by atoms with Crippen molar-refractivity contribution in [3.63, 3.8) is 0 Å². The van der Waals surface area contributed by atoms with Crippen LogP contribution in [0.2, 0.25) is 0 Å². The minimum absolute atomic E-state index is 0. The minimum Gasteiger partial charge on any atom is -0.486 e. The maximum absolute atomic E-state index is 6.03. The lowest BCUT2D eigenvalue weighted by Crippen LogP contribution is -2.35. The van der Waals surface area contributed by atoms with Crippen LogP contribution in [0, 0.1) is 0 Å². The molecule has 1 aromatic carbocycles. The summed E-state index contributed by atoms with van der Waals surface area (Å²) in [4.78, 5) is 4.65. The van der Waals surface area contributed by atoms with Crippen LogP contribution in [0.1, 0.15) is 51.0 Å². The van der Waals surface area contributed by atoms with E-state index >= 15 is 0 Å². The molecular weight excluding hydrogens is 429 g/mol. The zero-order valence-electron chi connectivity index (χ0n) is 15.1. The Kier molecular flexibility index (Phi) is 7.65. The first-order valence-electron chi connectivity index (χ1n) is 9.17. The number of nitrogens with zero attached hydrogens (tertiary/aromatic N) is 1. The maximum Gasteiger partial charge on any atom is 0.188 e. The number of hydrogen-bond donors (Lipinski definition) is 2. The summed E-state index contributed by atoms with van der Waals surface area (Å²) in [6.07, 6.45) is 7.06. The number of hydrogen-bond acceptors (Lipinski definition) is 3. The molecule has 0 bridgehead atoms. The van der Waals surface area contributed by atoms with E-state index in [0.717, 1.165) is 50.3 Å². The van der Waals surface area contributed by atoms with Crippen LogP contribution in [0.5, 0.6) is 11.5 Å². The Hall–Kier alpha value is -1.18. The van der Waals surface area contributed by atoms with Gasteiger partial charge in [-0.05, 0) is 37.0 Å². The third-order valence-corrected chi connectivity index (χ3v) is 5.10. The highest BCUT2D eigenvalue weighted by molar-refractivity contribution is 14.0. The summed E-state index contributed by atoms with van der Waals surface area (Å²) in [6.45, 7) is 5.04. The van der Waals surface area contributed by atoms with E-state index in [1.807, 2.05) is 6.07 Å². The predicted octanol–water partition coefficient (Wildman–Crippen LogP) is 3.59. The van der Waals surface area contributed by atoms with Gasteiger partial charge in [-0.2, -0.15) is 0 Å². The van der Waals surface area contributed by atoms with Crippen molar-refractivity contribution in [3.05, 3.63) is 23.8 Å². The minimum atomic E-state index is 0. The van der Waals surface area contributed by atoms with Gasteiger partial charge >= 0.3 is 0 Å². The smallest absolute Gasteiger partial charge is 0.188 e. The molecule has 1 aliphatic heterocycles. The highest BCUT2D eigenvalue weighted by atomic mass is 127. The quantitative estimate of drug-likeness (QED) is 0.295. The number of nitrogens with one attached hydrogen (secondary N) is 1. The molecule has 3 rings (SSSR count). The van der Waals surface area contributed by atoms with E-state index in [1.165, 1.54) is 18.4 Å². The maximum atomic E-state index is 6.03. The SMILES string of the molecule is CCCCNC(N)=NCC1(c2ccc3c(c2)OCCO3)CCCC1.I. The normalized spacial score (nSPS) is 18.5. The summed E-state index contributed by atoms with van der Waals surface area (Å²) in [5.74, 6) is 2.28. The predicted molar refractivity (Wildman–Crippen MR) is 112 cm³/mol. The molecule has 3 N–H and O–H groups in total. The Morgan fingerprint density at radius 1 is 1.20 bits per heavy atom. The Bertz CT molecular complexity index is 586. The summed E-state index contributed by atoms with van der Waals surface area (Å²) >= 11 is 0. The van der Waals surface area contributed by atoms with Gasteiger partial charge in [0, 0.05) is 12.0 Å². The molecule has 0 radical (unpaired) electrons. The molecule has 1 heterocycles. The number of benzene rings is 1. The Morgan fingerprint density at radius 2 is 1.92 bits per heavy atom. The highest BCUT2D eigenvalue weighted by Crippen LogP contribution is 2.44. The first-order valence-corrected chi connectivity index (χ1v) is 9.17. The van der Waals surface area contributed by atoms with E-state index in [0.29, 0.717) is 19.2 Å². The van der Waals surface area contributed by atoms with E-state index in [4.69, 9.17) is 15.2 Å². The number of rotatable bonds is 6. The first-order chi connectivity index (χ1) is 11.7. The zero-order chi connectivity index (χ0) is 16.8.